The third kappa shape index (κ3) is 8.78. The van der Waals surface area contributed by atoms with Gasteiger partial charge in [-0.3, -0.25) is 4.79 Å². The Morgan fingerprint density at radius 3 is 2.52 bits per heavy atom. The summed E-state index contributed by atoms with van der Waals surface area (Å²) in [7, 11) is -4.39. The van der Waals surface area contributed by atoms with E-state index in [-0.39, 0.29) is 58.8 Å². The lowest BCUT2D eigenvalue weighted by molar-refractivity contribution is -0.190. The number of halogens is 4. The molecule has 2 fully saturated rings. The van der Waals surface area contributed by atoms with Crippen LogP contribution in [0.1, 0.15) is 75.6 Å². The topological polar surface area (TPSA) is 169 Å². The zero-order valence-electron chi connectivity index (χ0n) is 27.5. The molecule has 3 aromatic heterocycles. The zero-order chi connectivity index (χ0) is 36.3. The number of carbonyl (C=O) groups excluding carboxylic acids is 1. The number of pyridine rings is 2. The average Bonchev–Trinajstić information content (AvgIpc) is 3.58. The van der Waals surface area contributed by atoms with Gasteiger partial charge in [-0.05, 0) is 82.6 Å². The van der Waals surface area contributed by atoms with Crippen molar-refractivity contribution in [3.63, 3.8) is 0 Å². The Bertz CT molecular complexity index is 1820. The van der Waals surface area contributed by atoms with Crippen molar-refractivity contribution in [2.75, 3.05) is 25.0 Å². The summed E-state index contributed by atoms with van der Waals surface area (Å²) >= 11 is 6.23. The molecule has 4 heterocycles. The number of ether oxygens (including phenoxy) is 1. The monoisotopic (exact) mass is 741 g/mol. The zero-order valence-corrected chi connectivity index (χ0v) is 29.1. The maximum atomic E-state index is 13.1. The second kappa shape index (κ2) is 14.6. The van der Waals surface area contributed by atoms with Crippen LogP contribution in [0, 0.1) is 11.3 Å². The fourth-order valence-corrected chi connectivity index (χ4v) is 7.34. The minimum absolute atomic E-state index is 0.0808. The Hall–Kier alpha value is -4.12. The molecular formula is C32H39ClF3N7O6S. The van der Waals surface area contributed by atoms with Gasteiger partial charge in [0.2, 0.25) is 5.88 Å². The molecule has 13 nitrogen and oxygen atoms in total. The van der Waals surface area contributed by atoms with Crippen molar-refractivity contribution in [3.05, 3.63) is 53.3 Å². The quantitative estimate of drug-likeness (QED) is 0.119. The Kier molecular flexibility index (Phi) is 10.9. The summed E-state index contributed by atoms with van der Waals surface area (Å²) in [6, 6.07) is 8.43. The summed E-state index contributed by atoms with van der Waals surface area (Å²) in [6.07, 6.45) is 0.682. The van der Waals surface area contributed by atoms with Crippen molar-refractivity contribution in [2.24, 2.45) is 11.3 Å². The second-order valence-electron chi connectivity index (χ2n) is 13.3. The minimum Gasteiger partial charge on any atom is -0.477 e. The fourth-order valence-electron chi connectivity index (χ4n) is 6.17. The van der Waals surface area contributed by atoms with Crippen LogP contribution in [0.15, 0.2) is 47.6 Å². The van der Waals surface area contributed by atoms with Gasteiger partial charge in [0.15, 0.2) is 10.8 Å². The molecule has 2 aliphatic rings. The van der Waals surface area contributed by atoms with Crippen LogP contribution < -0.4 is 14.8 Å². The standard InChI is InChI=1S/C32H39ClF3N7O6S/c1-30(2)19-21(20-42(30)29(45)46)7-4-3-5-16-37-23-8-6-9-26(38-23)50(47,48)41-28(44)22-10-11-24(39-27(22)33)43-17-12-25(40-43)49-18-15-31(13-14-31)32(34,35)36/h6,8-12,17,21H,3-5,7,13-16,18-20H2,1-2H3,(H,37,38)(H,41,44)(H,45,46). The Morgan fingerprint density at radius 2 is 1.86 bits per heavy atom. The van der Waals surface area contributed by atoms with Gasteiger partial charge in [-0.1, -0.05) is 30.5 Å². The van der Waals surface area contributed by atoms with Gasteiger partial charge in [0, 0.05) is 30.9 Å². The second-order valence-corrected chi connectivity index (χ2v) is 15.3. The van der Waals surface area contributed by atoms with Gasteiger partial charge in [-0.15, -0.1) is 5.10 Å². The van der Waals surface area contributed by atoms with Crippen LogP contribution >= 0.6 is 11.6 Å². The number of carboxylic acid groups (broad SMARTS) is 1. The molecule has 1 atom stereocenters. The van der Waals surface area contributed by atoms with E-state index in [1.165, 1.54) is 46.1 Å². The van der Waals surface area contributed by atoms with Gasteiger partial charge in [-0.2, -0.15) is 21.6 Å². The molecule has 272 valence electrons. The molecule has 1 aliphatic carbocycles. The predicted molar refractivity (Wildman–Crippen MR) is 177 cm³/mol. The molecule has 50 heavy (non-hydrogen) atoms. The first-order chi connectivity index (χ1) is 23.5. The molecule has 18 heteroatoms. The lowest BCUT2D eigenvalue weighted by atomic mass is 9.93. The smallest absolute Gasteiger partial charge is 0.407 e. The lowest BCUT2D eigenvalue weighted by Gasteiger charge is -2.28. The number of hydrogen-bond donors (Lipinski definition) is 3. The van der Waals surface area contributed by atoms with Crippen molar-refractivity contribution < 1.29 is 41.0 Å². The Labute approximate surface area is 292 Å². The van der Waals surface area contributed by atoms with Crippen molar-refractivity contribution in [2.45, 2.75) is 82.0 Å². The van der Waals surface area contributed by atoms with E-state index in [1.807, 2.05) is 18.6 Å². The maximum Gasteiger partial charge on any atom is 0.407 e. The summed E-state index contributed by atoms with van der Waals surface area (Å²) in [5.74, 6) is -0.155. The van der Waals surface area contributed by atoms with Crippen molar-refractivity contribution in [1.29, 1.82) is 0 Å². The molecule has 3 N–H and O–H groups in total. The van der Waals surface area contributed by atoms with Crippen molar-refractivity contribution in [3.8, 4) is 11.7 Å². The van der Waals surface area contributed by atoms with Gasteiger partial charge >= 0.3 is 12.3 Å². The number of anilines is 1. The van der Waals surface area contributed by atoms with E-state index >= 15 is 0 Å². The van der Waals surface area contributed by atoms with E-state index in [2.05, 4.69) is 20.4 Å². The van der Waals surface area contributed by atoms with Gasteiger partial charge in [0.25, 0.3) is 15.9 Å². The van der Waals surface area contributed by atoms with E-state index in [0.29, 0.717) is 24.8 Å². The predicted octanol–water partition coefficient (Wildman–Crippen LogP) is 6.30. The van der Waals surface area contributed by atoms with E-state index in [4.69, 9.17) is 16.3 Å². The molecule has 1 saturated carbocycles. The molecule has 1 saturated heterocycles. The first kappa shape index (κ1) is 37.1. The Morgan fingerprint density at radius 1 is 1.10 bits per heavy atom. The lowest BCUT2D eigenvalue weighted by Crippen LogP contribution is -2.41. The molecule has 0 aromatic carbocycles. The van der Waals surface area contributed by atoms with Gasteiger partial charge < -0.3 is 20.1 Å². The molecule has 0 spiro atoms. The first-order valence-electron chi connectivity index (χ1n) is 16.2. The van der Waals surface area contributed by atoms with Crippen LogP contribution in [0.3, 0.4) is 0 Å². The van der Waals surface area contributed by atoms with Gasteiger partial charge in [-0.25, -0.2) is 24.2 Å². The molecule has 1 aliphatic heterocycles. The van der Waals surface area contributed by atoms with Crippen molar-refractivity contribution in [1.82, 2.24) is 29.4 Å². The number of aromatic nitrogens is 4. The van der Waals surface area contributed by atoms with Crippen LogP contribution in [0.4, 0.5) is 23.8 Å². The highest BCUT2D eigenvalue weighted by atomic mass is 35.5. The average molecular weight is 742 g/mol. The number of unbranched alkanes of at least 4 members (excludes halogenated alkanes) is 2. The number of sulfonamides is 1. The molecule has 5 rings (SSSR count). The number of rotatable bonds is 15. The normalized spacial score (nSPS) is 18.1. The summed E-state index contributed by atoms with van der Waals surface area (Å²) < 4.78 is 74.0. The maximum absolute atomic E-state index is 13.1. The highest BCUT2D eigenvalue weighted by molar-refractivity contribution is 7.90. The largest absolute Gasteiger partial charge is 0.477 e. The fraction of sp³-hybridized carbons (Fsp3) is 0.531. The van der Waals surface area contributed by atoms with Crippen molar-refractivity contribution >= 4 is 39.4 Å². The number of carbonyl (C=O) groups is 2. The van der Waals surface area contributed by atoms with Gasteiger partial charge in [0.1, 0.15) is 11.0 Å². The Balaban J connectivity index is 1.08. The SMILES string of the molecule is CC1(C)CC(CCCCCNc2cccc(S(=O)(=O)NC(=O)c3ccc(-n4ccc(OCCC5(C(F)(F)F)CC5)n4)nc3Cl)n2)CN1C(=O)O. The molecule has 0 radical (unpaired) electrons. The van der Waals surface area contributed by atoms with E-state index in [9.17, 15) is 36.3 Å². The molecule has 1 unspecified atom stereocenters. The van der Waals surface area contributed by atoms with Crippen LogP contribution in [0.5, 0.6) is 5.88 Å². The minimum atomic E-state index is -4.39. The summed E-state index contributed by atoms with van der Waals surface area (Å²) in [5.41, 5.74) is -2.27. The summed E-state index contributed by atoms with van der Waals surface area (Å²) in [4.78, 5) is 34.1. The highest BCUT2D eigenvalue weighted by Gasteiger charge is 2.62. The van der Waals surface area contributed by atoms with Crippen LogP contribution in [-0.2, 0) is 10.0 Å². The molecular weight excluding hydrogens is 703 g/mol. The summed E-state index contributed by atoms with van der Waals surface area (Å²) in [6.45, 7) is 4.81. The van der Waals surface area contributed by atoms with E-state index in [0.717, 1.165) is 32.1 Å². The molecule has 0 bridgehead atoms. The third-order valence-corrected chi connectivity index (χ3v) is 10.7. The number of likely N-dealkylation sites (tertiary alicyclic amines) is 1. The number of nitrogens with one attached hydrogen (secondary N) is 2. The number of amides is 2. The van der Waals surface area contributed by atoms with Crippen LogP contribution in [-0.4, -0.2) is 81.6 Å². The third-order valence-electron chi connectivity index (χ3n) is 9.18. The van der Waals surface area contributed by atoms with E-state index < -0.39 is 33.6 Å². The number of nitrogens with zero attached hydrogens (tertiary/aromatic N) is 5. The number of hydrogen-bond acceptors (Lipinski definition) is 9. The number of alkyl halides is 3. The molecule has 3 aromatic rings. The summed E-state index contributed by atoms with van der Waals surface area (Å²) in [5, 5.41) is 15.9. The molecule has 2 amide bonds. The highest BCUT2D eigenvalue weighted by Crippen LogP contribution is 2.59. The van der Waals surface area contributed by atoms with Gasteiger partial charge in [0.05, 0.1) is 17.6 Å². The van der Waals surface area contributed by atoms with Crippen LogP contribution in [0.25, 0.3) is 5.82 Å². The first-order valence-corrected chi connectivity index (χ1v) is 18.1. The van der Waals surface area contributed by atoms with Crippen LogP contribution in [0.2, 0.25) is 5.15 Å². The van der Waals surface area contributed by atoms with E-state index in [1.54, 1.807) is 6.07 Å².